The number of aldehydes is 1. The van der Waals surface area contributed by atoms with Crippen molar-refractivity contribution < 1.29 is 4.79 Å². The van der Waals surface area contributed by atoms with E-state index in [1.54, 1.807) is 0 Å². The van der Waals surface area contributed by atoms with E-state index in [9.17, 15) is 4.79 Å². The van der Waals surface area contributed by atoms with Crippen molar-refractivity contribution in [3.8, 4) is 0 Å². The minimum atomic E-state index is 0.454. The average Bonchev–Trinajstić information content (AvgIpc) is 2.88. The summed E-state index contributed by atoms with van der Waals surface area (Å²) in [7, 11) is 0. The molecule has 1 fully saturated rings. The fourth-order valence-corrected chi connectivity index (χ4v) is 0.997. The van der Waals surface area contributed by atoms with Crippen LogP contribution in [0.15, 0.2) is 16.8 Å². The summed E-state index contributed by atoms with van der Waals surface area (Å²) >= 11 is 0. The highest BCUT2D eigenvalue weighted by Gasteiger charge is 2.21. The van der Waals surface area contributed by atoms with Gasteiger partial charge in [-0.3, -0.25) is 9.79 Å². The van der Waals surface area contributed by atoms with E-state index in [0.29, 0.717) is 11.6 Å². The van der Waals surface area contributed by atoms with Gasteiger partial charge in [-0.15, -0.1) is 0 Å². The Morgan fingerprint density at radius 3 is 2.67 bits per heavy atom. The molecule has 1 aliphatic rings. The second kappa shape index (κ2) is 4.04. The van der Waals surface area contributed by atoms with E-state index in [-0.39, 0.29) is 0 Å². The normalized spacial score (nSPS) is 19.4. The molecule has 0 unspecified atom stereocenters. The van der Waals surface area contributed by atoms with Gasteiger partial charge in [0.2, 0.25) is 0 Å². The van der Waals surface area contributed by atoms with E-state index in [0.717, 1.165) is 31.3 Å². The van der Waals surface area contributed by atoms with Gasteiger partial charge in [-0.25, -0.2) is 0 Å². The van der Waals surface area contributed by atoms with Crippen LogP contribution in [0.5, 0.6) is 0 Å². The molecule has 2 N–H and O–H groups in total. The minimum absolute atomic E-state index is 0.454. The van der Waals surface area contributed by atoms with Gasteiger partial charge in [0.15, 0.2) is 6.29 Å². The van der Waals surface area contributed by atoms with Gasteiger partial charge in [-0.2, -0.15) is 0 Å². The number of aliphatic imine (C=N–C) groups is 1. The van der Waals surface area contributed by atoms with Crippen molar-refractivity contribution in [3.63, 3.8) is 0 Å². The maximum Gasteiger partial charge on any atom is 0.153 e. The summed E-state index contributed by atoms with van der Waals surface area (Å²) in [4.78, 5) is 14.9. The maximum atomic E-state index is 10.5. The third-order valence-corrected chi connectivity index (χ3v) is 1.86. The molecule has 1 aliphatic carbocycles. The molecular weight excluding hydrogens is 152 g/mol. The summed E-state index contributed by atoms with van der Waals surface area (Å²) in [5, 5.41) is 0. The van der Waals surface area contributed by atoms with E-state index < -0.39 is 0 Å². The number of nitrogens with two attached hydrogens (primary N) is 1. The fraction of sp³-hybridized carbons (Fsp3) is 0.556. The first-order valence-corrected chi connectivity index (χ1v) is 4.26. The van der Waals surface area contributed by atoms with Crippen LogP contribution in [0.2, 0.25) is 0 Å². The zero-order valence-corrected chi connectivity index (χ0v) is 7.29. The minimum Gasteiger partial charge on any atom is -0.404 e. The summed E-state index contributed by atoms with van der Waals surface area (Å²) in [5.74, 6) is 0. The molecule has 0 aromatic heterocycles. The number of nitrogens with zero attached hydrogens (tertiary/aromatic N) is 1. The van der Waals surface area contributed by atoms with Gasteiger partial charge in [0.05, 0.1) is 11.6 Å². The Kier molecular flexibility index (Phi) is 3.02. The average molecular weight is 166 g/mol. The number of hydrogen-bond donors (Lipinski definition) is 1. The van der Waals surface area contributed by atoms with Crippen molar-refractivity contribution >= 4 is 12.0 Å². The molecule has 0 amide bonds. The summed E-state index contributed by atoms with van der Waals surface area (Å²) in [6, 6.07) is 0.454. The monoisotopic (exact) mass is 166 g/mol. The van der Waals surface area contributed by atoms with Gasteiger partial charge in [0, 0.05) is 11.9 Å². The molecule has 1 rings (SSSR count). The van der Waals surface area contributed by atoms with E-state index in [1.165, 1.54) is 6.20 Å². The van der Waals surface area contributed by atoms with E-state index in [4.69, 9.17) is 5.73 Å². The second-order valence-corrected chi connectivity index (χ2v) is 2.90. The summed E-state index contributed by atoms with van der Waals surface area (Å²) in [6.07, 6.45) is 5.18. The number of carbonyl (C=O) groups is 1. The predicted octanol–water partition coefficient (Wildman–Crippen LogP) is 1.04. The van der Waals surface area contributed by atoms with Crippen LogP contribution >= 0.6 is 0 Å². The Labute approximate surface area is 72.4 Å². The van der Waals surface area contributed by atoms with Crippen LogP contribution in [0.3, 0.4) is 0 Å². The Bertz CT molecular complexity index is 227. The van der Waals surface area contributed by atoms with Crippen LogP contribution in [0.25, 0.3) is 0 Å². The molecule has 3 nitrogen and oxygen atoms in total. The molecular formula is C9H14N2O. The molecule has 0 saturated heterocycles. The van der Waals surface area contributed by atoms with Crippen molar-refractivity contribution in [3.05, 3.63) is 11.8 Å². The highest BCUT2D eigenvalue weighted by molar-refractivity contribution is 6.14. The van der Waals surface area contributed by atoms with E-state index in [2.05, 4.69) is 4.99 Å². The molecule has 0 heterocycles. The smallest absolute Gasteiger partial charge is 0.153 e. The number of rotatable bonds is 4. The first kappa shape index (κ1) is 8.97. The summed E-state index contributed by atoms with van der Waals surface area (Å²) < 4.78 is 0. The van der Waals surface area contributed by atoms with Crippen LogP contribution in [0, 0.1) is 0 Å². The number of hydrogen-bond acceptors (Lipinski definition) is 3. The zero-order chi connectivity index (χ0) is 8.97. The lowest BCUT2D eigenvalue weighted by Crippen LogP contribution is -2.06. The SMILES string of the molecule is CCC(=NC1CC1)C(C=O)=CN. The Balaban J connectivity index is 2.70. The third-order valence-electron chi connectivity index (χ3n) is 1.86. The Morgan fingerprint density at radius 1 is 1.67 bits per heavy atom. The number of allylic oxidation sites excluding steroid dienone is 1. The molecule has 0 spiro atoms. The standard InChI is InChI=1S/C9H14N2O/c1-2-9(7(5-10)6-12)11-8-3-4-8/h5-6,8H,2-4,10H2,1H3. The lowest BCUT2D eigenvalue weighted by atomic mass is 10.1. The summed E-state index contributed by atoms with van der Waals surface area (Å²) in [6.45, 7) is 1.98. The van der Waals surface area contributed by atoms with Gasteiger partial charge in [0.25, 0.3) is 0 Å². The quantitative estimate of drug-likeness (QED) is 0.385. The highest BCUT2D eigenvalue weighted by atomic mass is 16.1. The molecule has 0 atom stereocenters. The largest absolute Gasteiger partial charge is 0.404 e. The van der Waals surface area contributed by atoms with Gasteiger partial charge in [-0.05, 0) is 19.3 Å². The second-order valence-electron chi connectivity index (χ2n) is 2.90. The van der Waals surface area contributed by atoms with Crippen LogP contribution in [-0.2, 0) is 4.79 Å². The summed E-state index contributed by atoms with van der Waals surface area (Å²) in [5.41, 5.74) is 6.66. The maximum absolute atomic E-state index is 10.5. The van der Waals surface area contributed by atoms with Crippen molar-refractivity contribution in [1.82, 2.24) is 0 Å². The van der Waals surface area contributed by atoms with Crippen LogP contribution in [-0.4, -0.2) is 18.0 Å². The number of carbonyl (C=O) groups excluding carboxylic acids is 1. The topological polar surface area (TPSA) is 55.5 Å². The van der Waals surface area contributed by atoms with E-state index >= 15 is 0 Å². The predicted molar refractivity (Wildman–Crippen MR) is 49.1 cm³/mol. The molecule has 0 radical (unpaired) electrons. The van der Waals surface area contributed by atoms with Crippen LogP contribution < -0.4 is 5.73 Å². The lowest BCUT2D eigenvalue weighted by Gasteiger charge is -2.00. The van der Waals surface area contributed by atoms with Crippen molar-refractivity contribution in [2.45, 2.75) is 32.2 Å². The van der Waals surface area contributed by atoms with Crippen molar-refractivity contribution in [1.29, 1.82) is 0 Å². The van der Waals surface area contributed by atoms with Gasteiger partial charge >= 0.3 is 0 Å². The fourth-order valence-electron chi connectivity index (χ4n) is 0.997. The first-order valence-electron chi connectivity index (χ1n) is 4.26. The van der Waals surface area contributed by atoms with Crippen molar-refractivity contribution in [2.24, 2.45) is 10.7 Å². The Hall–Kier alpha value is -1.12. The molecule has 0 bridgehead atoms. The van der Waals surface area contributed by atoms with Gasteiger partial charge in [0.1, 0.15) is 0 Å². The molecule has 0 aromatic rings. The van der Waals surface area contributed by atoms with E-state index in [1.807, 2.05) is 6.92 Å². The molecule has 3 heteroatoms. The third kappa shape index (κ3) is 2.19. The molecule has 0 aliphatic heterocycles. The first-order chi connectivity index (χ1) is 5.81. The lowest BCUT2D eigenvalue weighted by molar-refractivity contribution is -0.104. The molecule has 0 aromatic carbocycles. The highest BCUT2D eigenvalue weighted by Crippen LogP contribution is 2.24. The van der Waals surface area contributed by atoms with Crippen LogP contribution in [0.1, 0.15) is 26.2 Å². The zero-order valence-electron chi connectivity index (χ0n) is 7.29. The molecule has 12 heavy (non-hydrogen) atoms. The Morgan fingerprint density at radius 2 is 2.33 bits per heavy atom. The van der Waals surface area contributed by atoms with Gasteiger partial charge in [-0.1, -0.05) is 6.92 Å². The molecule has 1 saturated carbocycles. The molecule has 66 valence electrons. The van der Waals surface area contributed by atoms with Crippen molar-refractivity contribution in [2.75, 3.05) is 0 Å². The van der Waals surface area contributed by atoms with Gasteiger partial charge < -0.3 is 5.73 Å². The van der Waals surface area contributed by atoms with Crippen LogP contribution in [0.4, 0.5) is 0 Å².